The molecule has 0 spiro atoms. The monoisotopic (exact) mass is 293 g/mol. The van der Waals surface area contributed by atoms with Crippen LogP contribution in [0.15, 0.2) is 0 Å². The Morgan fingerprint density at radius 1 is 1.00 bits per heavy atom. The van der Waals surface area contributed by atoms with Crippen molar-refractivity contribution in [2.24, 2.45) is 17.8 Å². The first kappa shape index (κ1) is 15.8. The highest BCUT2D eigenvalue weighted by Gasteiger charge is 2.39. The number of hydrogen-bond donors (Lipinski definition) is 1. The Bertz CT molecular complexity index is 308. The fourth-order valence-electron chi connectivity index (χ4n) is 4.80. The molecule has 1 aliphatic carbocycles. The molecule has 3 rings (SSSR count). The van der Waals surface area contributed by atoms with Gasteiger partial charge in [-0.1, -0.05) is 6.42 Å². The zero-order valence-corrected chi connectivity index (χ0v) is 14.4. The molecule has 2 saturated heterocycles. The van der Waals surface area contributed by atoms with E-state index in [-0.39, 0.29) is 0 Å². The predicted octanol–water partition coefficient (Wildman–Crippen LogP) is 2.43. The van der Waals surface area contributed by atoms with Gasteiger partial charge in [0.05, 0.1) is 0 Å². The second-order valence-corrected chi connectivity index (χ2v) is 8.18. The molecule has 2 atom stereocenters. The molecule has 3 aliphatic rings. The third-order valence-electron chi connectivity index (χ3n) is 6.31. The molecule has 3 heteroatoms. The summed E-state index contributed by atoms with van der Waals surface area (Å²) in [5, 5.41) is 4.02. The number of piperidine rings is 2. The van der Waals surface area contributed by atoms with Crippen LogP contribution < -0.4 is 5.32 Å². The van der Waals surface area contributed by atoms with Crippen LogP contribution in [0.3, 0.4) is 0 Å². The van der Waals surface area contributed by atoms with E-state index < -0.39 is 0 Å². The van der Waals surface area contributed by atoms with E-state index in [2.05, 4.69) is 36.0 Å². The first-order valence-corrected chi connectivity index (χ1v) is 9.29. The summed E-state index contributed by atoms with van der Waals surface area (Å²) >= 11 is 0. The first-order valence-electron chi connectivity index (χ1n) is 9.29. The van der Waals surface area contributed by atoms with Crippen LogP contribution in [-0.4, -0.2) is 61.7 Å². The summed E-state index contributed by atoms with van der Waals surface area (Å²) < 4.78 is 0. The minimum absolute atomic E-state index is 0.725. The third kappa shape index (κ3) is 3.80. The van der Waals surface area contributed by atoms with Crippen molar-refractivity contribution in [3.8, 4) is 0 Å². The molecular formula is C18H35N3. The summed E-state index contributed by atoms with van der Waals surface area (Å²) in [6, 6.07) is 1.54. The van der Waals surface area contributed by atoms with E-state index in [0.717, 1.165) is 29.8 Å². The van der Waals surface area contributed by atoms with E-state index in [1.165, 1.54) is 64.8 Å². The summed E-state index contributed by atoms with van der Waals surface area (Å²) in [6.45, 7) is 11.3. The largest absolute Gasteiger partial charge is 0.313 e. The van der Waals surface area contributed by atoms with Crippen molar-refractivity contribution in [2.75, 3.05) is 39.8 Å². The second kappa shape index (κ2) is 6.97. The van der Waals surface area contributed by atoms with Crippen LogP contribution in [0.25, 0.3) is 0 Å². The molecule has 0 aromatic carbocycles. The lowest BCUT2D eigenvalue weighted by Gasteiger charge is -2.49. The standard InChI is InChI=1S/C18H35N3/c1-14(2)21-12-16-5-4-6-17(13-21)18(16)19-11-15-7-9-20(3)10-8-15/h14-19H,4-13H2,1-3H3. The van der Waals surface area contributed by atoms with Gasteiger partial charge in [0.15, 0.2) is 0 Å². The van der Waals surface area contributed by atoms with Gasteiger partial charge in [-0.3, -0.25) is 0 Å². The number of fused-ring (bicyclic) bond motifs is 2. The van der Waals surface area contributed by atoms with Crippen molar-refractivity contribution in [3.63, 3.8) is 0 Å². The molecule has 0 aromatic heterocycles. The van der Waals surface area contributed by atoms with Crippen LogP contribution in [0.4, 0.5) is 0 Å². The van der Waals surface area contributed by atoms with Crippen LogP contribution in [-0.2, 0) is 0 Å². The molecule has 1 N–H and O–H groups in total. The van der Waals surface area contributed by atoms with Crippen molar-refractivity contribution in [1.82, 2.24) is 15.1 Å². The molecule has 0 aromatic rings. The van der Waals surface area contributed by atoms with Crippen LogP contribution in [0.2, 0.25) is 0 Å². The highest BCUT2D eigenvalue weighted by molar-refractivity contribution is 4.95. The number of rotatable bonds is 4. The first-order chi connectivity index (χ1) is 10.1. The molecule has 122 valence electrons. The Labute approximate surface area is 131 Å². The Hall–Kier alpha value is -0.120. The molecule has 0 amide bonds. The highest BCUT2D eigenvalue weighted by Crippen LogP contribution is 2.35. The Kier molecular flexibility index (Phi) is 5.23. The maximum atomic E-state index is 4.02. The number of likely N-dealkylation sites (tertiary alicyclic amines) is 2. The topological polar surface area (TPSA) is 18.5 Å². The van der Waals surface area contributed by atoms with Crippen molar-refractivity contribution < 1.29 is 0 Å². The number of hydrogen-bond acceptors (Lipinski definition) is 3. The quantitative estimate of drug-likeness (QED) is 0.859. The van der Waals surface area contributed by atoms with E-state index in [1.54, 1.807) is 0 Å². The smallest absolute Gasteiger partial charge is 0.0148 e. The van der Waals surface area contributed by atoms with Crippen molar-refractivity contribution in [3.05, 3.63) is 0 Å². The van der Waals surface area contributed by atoms with Gasteiger partial charge in [-0.15, -0.1) is 0 Å². The van der Waals surface area contributed by atoms with E-state index >= 15 is 0 Å². The minimum atomic E-state index is 0.725. The fraction of sp³-hybridized carbons (Fsp3) is 1.00. The average Bonchev–Trinajstić information content (AvgIpc) is 2.45. The van der Waals surface area contributed by atoms with Crippen LogP contribution >= 0.6 is 0 Å². The van der Waals surface area contributed by atoms with E-state index in [0.29, 0.717) is 0 Å². The summed E-state index contributed by atoms with van der Waals surface area (Å²) in [5.41, 5.74) is 0. The van der Waals surface area contributed by atoms with E-state index in [1.807, 2.05) is 0 Å². The van der Waals surface area contributed by atoms with Crippen molar-refractivity contribution in [2.45, 2.75) is 58.0 Å². The number of nitrogens with zero attached hydrogens (tertiary/aromatic N) is 2. The highest BCUT2D eigenvalue weighted by atomic mass is 15.2. The van der Waals surface area contributed by atoms with E-state index in [9.17, 15) is 0 Å². The normalized spacial score (nSPS) is 36.3. The maximum Gasteiger partial charge on any atom is 0.0148 e. The van der Waals surface area contributed by atoms with E-state index in [4.69, 9.17) is 0 Å². The minimum Gasteiger partial charge on any atom is -0.313 e. The van der Waals surface area contributed by atoms with Gasteiger partial charge < -0.3 is 15.1 Å². The van der Waals surface area contributed by atoms with Gasteiger partial charge in [0.2, 0.25) is 0 Å². The van der Waals surface area contributed by atoms with Gasteiger partial charge in [-0.2, -0.15) is 0 Å². The Morgan fingerprint density at radius 2 is 1.62 bits per heavy atom. The summed E-state index contributed by atoms with van der Waals surface area (Å²) in [6.07, 6.45) is 7.15. The van der Waals surface area contributed by atoms with Gasteiger partial charge >= 0.3 is 0 Å². The van der Waals surface area contributed by atoms with Gasteiger partial charge in [0.25, 0.3) is 0 Å². The van der Waals surface area contributed by atoms with Crippen LogP contribution in [0.5, 0.6) is 0 Å². The molecule has 2 heterocycles. The fourth-order valence-corrected chi connectivity index (χ4v) is 4.80. The van der Waals surface area contributed by atoms with Crippen molar-refractivity contribution in [1.29, 1.82) is 0 Å². The van der Waals surface area contributed by atoms with Gasteiger partial charge in [0.1, 0.15) is 0 Å². The Balaban J connectivity index is 1.51. The molecule has 21 heavy (non-hydrogen) atoms. The van der Waals surface area contributed by atoms with Crippen LogP contribution in [0, 0.1) is 17.8 Å². The molecule has 3 nitrogen and oxygen atoms in total. The zero-order chi connectivity index (χ0) is 14.8. The predicted molar refractivity (Wildman–Crippen MR) is 89.6 cm³/mol. The molecule has 3 fully saturated rings. The summed E-state index contributed by atoms with van der Waals surface area (Å²) in [7, 11) is 2.26. The lowest BCUT2D eigenvalue weighted by Crippen LogP contribution is -2.59. The molecule has 0 radical (unpaired) electrons. The van der Waals surface area contributed by atoms with Crippen molar-refractivity contribution >= 4 is 0 Å². The SMILES string of the molecule is CC(C)N1CC2CCCC(C1)C2NCC1CCN(C)CC1. The second-order valence-electron chi connectivity index (χ2n) is 8.18. The van der Waals surface area contributed by atoms with Gasteiger partial charge in [-0.05, 0) is 84.0 Å². The lowest BCUT2D eigenvalue weighted by molar-refractivity contribution is 0.0270. The molecule has 2 aliphatic heterocycles. The number of nitrogens with one attached hydrogen (secondary N) is 1. The van der Waals surface area contributed by atoms with Gasteiger partial charge in [0, 0.05) is 25.2 Å². The van der Waals surface area contributed by atoms with Gasteiger partial charge in [-0.25, -0.2) is 0 Å². The zero-order valence-electron chi connectivity index (χ0n) is 14.4. The maximum absolute atomic E-state index is 4.02. The molecule has 1 saturated carbocycles. The summed E-state index contributed by atoms with van der Waals surface area (Å²) in [5.74, 6) is 2.74. The summed E-state index contributed by atoms with van der Waals surface area (Å²) in [4.78, 5) is 5.20. The van der Waals surface area contributed by atoms with Crippen LogP contribution in [0.1, 0.15) is 46.0 Å². The molecular weight excluding hydrogens is 258 g/mol. The lowest BCUT2D eigenvalue weighted by atomic mass is 9.73. The molecule has 2 bridgehead atoms. The average molecular weight is 293 g/mol. The third-order valence-corrected chi connectivity index (χ3v) is 6.31. The molecule has 2 unspecified atom stereocenters. The Morgan fingerprint density at radius 3 is 2.19 bits per heavy atom.